The molecule has 0 bridgehead atoms. The average molecular weight is 412 g/mol. The normalized spacial score (nSPS) is 14.0. The minimum Gasteiger partial charge on any atom is -0.493 e. The highest BCUT2D eigenvalue weighted by Crippen LogP contribution is 2.30. The van der Waals surface area contributed by atoms with Crippen LogP contribution in [0.3, 0.4) is 0 Å². The lowest BCUT2D eigenvalue weighted by molar-refractivity contribution is -0.117. The Morgan fingerprint density at radius 3 is 2.30 bits per heavy atom. The van der Waals surface area contributed by atoms with E-state index in [0.29, 0.717) is 24.6 Å². The highest BCUT2D eigenvalue weighted by molar-refractivity contribution is 5.92. The molecule has 0 radical (unpaired) electrons. The molecule has 0 saturated carbocycles. The Bertz CT molecular complexity index is 846. The molecule has 2 aromatic rings. The van der Waals surface area contributed by atoms with Crippen molar-refractivity contribution in [3.63, 3.8) is 0 Å². The molecular weight excluding hydrogens is 378 g/mol. The Balaban J connectivity index is 1.54. The summed E-state index contributed by atoms with van der Waals surface area (Å²) in [6.45, 7) is 5.22. The summed E-state index contributed by atoms with van der Waals surface area (Å²) in [7, 11) is 5.20. The minimum absolute atomic E-state index is 0.0265. The van der Waals surface area contributed by atoms with E-state index in [4.69, 9.17) is 9.47 Å². The fourth-order valence-electron chi connectivity index (χ4n) is 3.89. The van der Waals surface area contributed by atoms with Gasteiger partial charge in [0.2, 0.25) is 5.91 Å². The van der Waals surface area contributed by atoms with Gasteiger partial charge in [0, 0.05) is 31.0 Å². The molecule has 0 aliphatic carbocycles. The molecule has 2 aromatic carbocycles. The van der Waals surface area contributed by atoms with E-state index in [9.17, 15) is 4.79 Å². The third kappa shape index (κ3) is 5.66. The van der Waals surface area contributed by atoms with Gasteiger partial charge in [-0.25, -0.2) is 0 Å². The number of hydrogen-bond donors (Lipinski definition) is 1. The Morgan fingerprint density at radius 1 is 1.03 bits per heavy atom. The van der Waals surface area contributed by atoms with Crippen molar-refractivity contribution in [2.45, 2.75) is 32.7 Å². The second-order valence-electron chi connectivity index (χ2n) is 7.95. The molecule has 0 unspecified atom stereocenters. The molecule has 162 valence electrons. The second kappa shape index (κ2) is 10.3. The van der Waals surface area contributed by atoms with Crippen LogP contribution in [0, 0.1) is 6.92 Å². The number of carbonyl (C=O) groups is 1. The van der Waals surface area contributed by atoms with E-state index in [1.165, 1.54) is 24.9 Å². The van der Waals surface area contributed by atoms with Gasteiger partial charge >= 0.3 is 0 Å². The minimum atomic E-state index is -0.0265. The lowest BCUT2D eigenvalue weighted by Gasteiger charge is -2.28. The molecule has 0 aromatic heterocycles. The summed E-state index contributed by atoms with van der Waals surface area (Å²) >= 11 is 0. The first kappa shape index (κ1) is 22.0. The Kier molecular flexibility index (Phi) is 7.57. The maximum Gasteiger partial charge on any atom is 0.238 e. The zero-order valence-electron chi connectivity index (χ0n) is 18.5. The van der Waals surface area contributed by atoms with Gasteiger partial charge in [-0.2, -0.15) is 0 Å². The summed E-state index contributed by atoms with van der Waals surface area (Å²) < 4.78 is 10.7. The largest absolute Gasteiger partial charge is 0.493 e. The lowest BCUT2D eigenvalue weighted by atomic mass is 10.1. The third-order valence-corrected chi connectivity index (χ3v) is 5.57. The number of ether oxygens (including phenoxy) is 2. The molecular formula is C24H33N3O3. The van der Waals surface area contributed by atoms with Crippen LogP contribution in [-0.2, 0) is 11.3 Å². The van der Waals surface area contributed by atoms with Crippen LogP contribution in [0.1, 0.15) is 30.4 Å². The number of anilines is 2. The van der Waals surface area contributed by atoms with Crippen LogP contribution < -0.4 is 19.7 Å². The molecule has 6 nitrogen and oxygen atoms in total. The number of aryl methyl sites for hydroxylation is 1. The summed E-state index contributed by atoms with van der Waals surface area (Å²) in [6, 6.07) is 12.1. The maximum absolute atomic E-state index is 12.5. The van der Waals surface area contributed by atoms with E-state index >= 15 is 0 Å². The third-order valence-electron chi connectivity index (χ3n) is 5.57. The number of nitrogens with one attached hydrogen (secondary N) is 1. The SMILES string of the molecule is COc1cc(C)c(CN(C)CC(=O)Nc2ccc(N3CCCCC3)cc2)cc1OC. The zero-order valence-corrected chi connectivity index (χ0v) is 18.5. The van der Waals surface area contributed by atoms with Crippen molar-refractivity contribution in [3.8, 4) is 11.5 Å². The van der Waals surface area contributed by atoms with Gasteiger partial charge in [0.25, 0.3) is 0 Å². The van der Waals surface area contributed by atoms with Crippen molar-refractivity contribution in [2.75, 3.05) is 51.1 Å². The van der Waals surface area contributed by atoms with E-state index in [1.54, 1.807) is 14.2 Å². The van der Waals surface area contributed by atoms with Crippen LogP contribution in [0.2, 0.25) is 0 Å². The second-order valence-corrected chi connectivity index (χ2v) is 7.95. The van der Waals surface area contributed by atoms with Crippen molar-refractivity contribution in [2.24, 2.45) is 0 Å². The Hall–Kier alpha value is -2.73. The number of methoxy groups -OCH3 is 2. The van der Waals surface area contributed by atoms with E-state index < -0.39 is 0 Å². The highest BCUT2D eigenvalue weighted by atomic mass is 16.5. The molecule has 1 aliphatic heterocycles. The molecule has 30 heavy (non-hydrogen) atoms. The van der Waals surface area contributed by atoms with Gasteiger partial charge in [-0.05, 0) is 80.8 Å². The molecule has 6 heteroatoms. The first-order valence-corrected chi connectivity index (χ1v) is 10.5. The smallest absolute Gasteiger partial charge is 0.238 e. The van der Waals surface area contributed by atoms with Crippen molar-refractivity contribution in [3.05, 3.63) is 47.5 Å². The van der Waals surface area contributed by atoms with E-state index in [1.807, 2.05) is 43.1 Å². The molecule has 1 amide bonds. The van der Waals surface area contributed by atoms with Gasteiger partial charge in [0.15, 0.2) is 11.5 Å². The molecule has 1 saturated heterocycles. The van der Waals surface area contributed by atoms with E-state index in [0.717, 1.165) is 29.9 Å². The Morgan fingerprint density at radius 2 is 1.67 bits per heavy atom. The van der Waals surface area contributed by atoms with Gasteiger partial charge in [-0.1, -0.05) is 0 Å². The monoisotopic (exact) mass is 411 g/mol. The highest BCUT2D eigenvalue weighted by Gasteiger charge is 2.14. The zero-order chi connectivity index (χ0) is 21.5. The Labute approximate surface area is 179 Å². The van der Waals surface area contributed by atoms with Crippen molar-refractivity contribution in [1.29, 1.82) is 0 Å². The topological polar surface area (TPSA) is 54.0 Å². The number of hydrogen-bond acceptors (Lipinski definition) is 5. The summed E-state index contributed by atoms with van der Waals surface area (Å²) in [4.78, 5) is 16.9. The summed E-state index contributed by atoms with van der Waals surface area (Å²) in [5.41, 5.74) is 4.27. The molecule has 1 fully saturated rings. The molecule has 1 N–H and O–H groups in total. The quantitative estimate of drug-likeness (QED) is 0.710. The van der Waals surface area contributed by atoms with E-state index in [2.05, 4.69) is 22.3 Å². The first-order chi connectivity index (χ1) is 14.5. The summed E-state index contributed by atoms with van der Waals surface area (Å²) in [5, 5.41) is 3.00. The molecule has 0 atom stereocenters. The van der Waals surface area contributed by atoms with Crippen molar-refractivity contribution < 1.29 is 14.3 Å². The molecule has 1 heterocycles. The number of nitrogens with zero attached hydrogens (tertiary/aromatic N) is 2. The van der Waals surface area contributed by atoms with Crippen molar-refractivity contribution in [1.82, 2.24) is 4.90 Å². The van der Waals surface area contributed by atoms with Crippen molar-refractivity contribution >= 4 is 17.3 Å². The summed E-state index contributed by atoms with van der Waals surface area (Å²) in [6.07, 6.45) is 3.83. The average Bonchev–Trinajstić information content (AvgIpc) is 2.75. The van der Waals surface area contributed by atoms with Gasteiger partial charge in [0.1, 0.15) is 0 Å². The van der Waals surface area contributed by atoms with Crippen LogP contribution in [0.4, 0.5) is 11.4 Å². The number of benzene rings is 2. The van der Waals surface area contributed by atoms with Gasteiger partial charge in [-0.15, -0.1) is 0 Å². The van der Waals surface area contributed by atoms with E-state index in [-0.39, 0.29) is 5.91 Å². The van der Waals surface area contributed by atoms with Crippen LogP contribution in [0.15, 0.2) is 36.4 Å². The predicted octanol–water partition coefficient (Wildman–Crippen LogP) is 4.07. The predicted molar refractivity (Wildman–Crippen MR) is 122 cm³/mol. The van der Waals surface area contributed by atoms with Gasteiger partial charge < -0.3 is 19.7 Å². The number of likely N-dealkylation sites (N-methyl/N-ethyl adjacent to an activating group) is 1. The van der Waals surface area contributed by atoms with Crippen LogP contribution >= 0.6 is 0 Å². The standard InChI is InChI=1S/C24H33N3O3/c1-18-14-22(29-3)23(30-4)15-19(18)16-26(2)17-24(28)25-20-8-10-21(11-9-20)27-12-6-5-7-13-27/h8-11,14-15H,5-7,12-13,16-17H2,1-4H3,(H,25,28). The van der Waals surface area contributed by atoms with Gasteiger partial charge in [-0.3, -0.25) is 9.69 Å². The number of carbonyl (C=O) groups excluding carboxylic acids is 1. The summed E-state index contributed by atoms with van der Waals surface area (Å²) in [5.74, 6) is 1.39. The van der Waals surface area contributed by atoms with Crippen LogP contribution in [0.25, 0.3) is 0 Å². The molecule has 0 spiro atoms. The number of piperidine rings is 1. The lowest BCUT2D eigenvalue weighted by Crippen LogP contribution is -2.30. The fraction of sp³-hybridized carbons (Fsp3) is 0.458. The van der Waals surface area contributed by atoms with Crippen LogP contribution in [0.5, 0.6) is 11.5 Å². The fourth-order valence-corrected chi connectivity index (χ4v) is 3.89. The number of amides is 1. The maximum atomic E-state index is 12.5. The molecule has 3 rings (SSSR count). The van der Waals surface area contributed by atoms with Gasteiger partial charge in [0.05, 0.1) is 20.8 Å². The number of rotatable bonds is 8. The van der Waals surface area contributed by atoms with Crippen LogP contribution in [-0.4, -0.2) is 51.7 Å². The first-order valence-electron chi connectivity index (χ1n) is 10.5. The molecule has 1 aliphatic rings.